The monoisotopic (exact) mass is 474 g/mol. The molecule has 4 aromatic rings. The Morgan fingerprint density at radius 3 is 2.53 bits per heavy atom. The molecule has 0 fully saturated rings. The van der Waals surface area contributed by atoms with Gasteiger partial charge in [0.25, 0.3) is 11.1 Å². The highest BCUT2D eigenvalue weighted by molar-refractivity contribution is 9.10. The lowest BCUT2D eigenvalue weighted by molar-refractivity contribution is -0.116. The number of aromatic nitrogens is 7. The van der Waals surface area contributed by atoms with Gasteiger partial charge in [-0.3, -0.25) is 28.1 Å². The lowest BCUT2D eigenvalue weighted by atomic mass is 10.3. The van der Waals surface area contributed by atoms with E-state index in [0.717, 1.165) is 9.13 Å². The minimum atomic E-state index is -0.524. The maximum Gasteiger partial charge on any atom is 0.332 e. The van der Waals surface area contributed by atoms with E-state index in [1.54, 1.807) is 7.05 Å². The predicted molar refractivity (Wildman–Crippen MR) is 111 cm³/mol. The van der Waals surface area contributed by atoms with Gasteiger partial charge in [-0.05, 0) is 22.0 Å². The summed E-state index contributed by atoms with van der Waals surface area (Å²) in [5, 5.41) is 7.14. The first-order chi connectivity index (χ1) is 14.2. The Labute approximate surface area is 175 Å². The normalized spacial score (nSPS) is 11.3. The third-order valence-corrected chi connectivity index (χ3v) is 5.21. The molecule has 4 rings (SSSR count). The summed E-state index contributed by atoms with van der Waals surface area (Å²) < 4.78 is 5.16. The zero-order valence-corrected chi connectivity index (χ0v) is 17.7. The number of hydrogen-bond donors (Lipinski definition) is 1. The van der Waals surface area contributed by atoms with Crippen LogP contribution in [0.15, 0.2) is 37.6 Å². The van der Waals surface area contributed by atoms with Crippen LogP contribution < -0.4 is 22.1 Å². The number of anilines is 1. The van der Waals surface area contributed by atoms with Gasteiger partial charge in [0.05, 0.1) is 17.3 Å². The van der Waals surface area contributed by atoms with E-state index in [-0.39, 0.29) is 28.7 Å². The van der Waals surface area contributed by atoms with Crippen LogP contribution in [0.4, 0.5) is 5.69 Å². The minimum Gasteiger partial charge on any atom is -0.323 e. The number of amides is 1. The molecule has 0 saturated heterocycles. The van der Waals surface area contributed by atoms with E-state index in [4.69, 9.17) is 0 Å². The highest BCUT2D eigenvalue weighted by Crippen LogP contribution is 2.17. The smallest absolute Gasteiger partial charge is 0.323 e. The number of carbonyl (C=O) groups excluding carboxylic acids is 1. The maximum absolute atomic E-state index is 12.6. The second-order valence-corrected chi connectivity index (χ2v) is 7.39. The molecule has 4 heterocycles. The third-order valence-electron chi connectivity index (χ3n) is 4.66. The van der Waals surface area contributed by atoms with Crippen LogP contribution in [0.25, 0.3) is 22.1 Å². The molecule has 0 atom stereocenters. The van der Waals surface area contributed by atoms with E-state index >= 15 is 0 Å². The van der Waals surface area contributed by atoms with Gasteiger partial charge in [-0.1, -0.05) is 0 Å². The molecule has 154 valence electrons. The Kier molecular flexibility index (Phi) is 4.61. The van der Waals surface area contributed by atoms with Crippen molar-refractivity contribution < 1.29 is 4.79 Å². The SMILES string of the molecule is Cn1c(=O)c2cc(NC(=O)Cn3cnc4c(c(Br)nn4C)c3=O)cnc2n(C)c1=O. The molecule has 0 unspecified atom stereocenters. The number of aryl methyl sites for hydroxylation is 2. The molecular weight excluding hydrogens is 460 g/mol. The number of fused-ring (bicyclic) bond motifs is 2. The van der Waals surface area contributed by atoms with Gasteiger partial charge in [-0.2, -0.15) is 5.10 Å². The van der Waals surface area contributed by atoms with Crippen LogP contribution in [-0.2, 0) is 32.5 Å². The molecule has 0 aliphatic rings. The fraction of sp³-hybridized carbons (Fsp3) is 0.235. The average Bonchev–Trinajstić information content (AvgIpc) is 3.00. The van der Waals surface area contributed by atoms with Crippen molar-refractivity contribution in [1.29, 1.82) is 0 Å². The molecule has 12 nitrogen and oxygen atoms in total. The molecule has 0 bridgehead atoms. The van der Waals surface area contributed by atoms with Gasteiger partial charge in [0.2, 0.25) is 5.91 Å². The largest absolute Gasteiger partial charge is 0.332 e. The first-order valence-electron chi connectivity index (χ1n) is 8.62. The summed E-state index contributed by atoms with van der Waals surface area (Å²) in [6.07, 6.45) is 2.60. The molecule has 1 N–H and O–H groups in total. The highest BCUT2D eigenvalue weighted by atomic mass is 79.9. The first kappa shape index (κ1) is 19.7. The Morgan fingerprint density at radius 2 is 1.80 bits per heavy atom. The van der Waals surface area contributed by atoms with E-state index in [1.165, 1.54) is 41.9 Å². The van der Waals surface area contributed by atoms with E-state index < -0.39 is 22.7 Å². The Bertz CT molecular complexity index is 1530. The summed E-state index contributed by atoms with van der Waals surface area (Å²) >= 11 is 3.22. The van der Waals surface area contributed by atoms with Gasteiger partial charge in [0.15, 0.2) is 5.65 Å². The molecule has 13 heteroatoms. The molecule has 0 aliphatic heterocycles. The van der Waals surface area contributed by atoms with Gasteiger partial charge in [-0.25, -0.2) is 19.4 Å². The van der Waals surface area contributed by atoms with Crippen LogP contribution in [0, 0.1) is 0 Å². The quantitative estimate of drug-likeness (QED) is 0.421. The van der Waals surface area contributed by atoms with Crippen LogP contribution in [-0.4, -0.2) is 39.4 Å². The van der Waals surface area contributed by atoms with E-state index in [0.29, 0.717) is 10.3 Å². The zero-order chi connectivity index (χ0) is 21.7. The lowest BCUT2D eigenvalue weighted by Crippen LogP contribution is -2.37. The second-order valence-electron chi connectivity index (χ2n) is 6.64. The summed E-state index contributed by atoms with van der Waals surface area (Å²) in [6.45, 7) is -0.299. The van der Waals surface area contributed by atoms with Crippen LogP contribution >= 0.6 is 15.9 Å². The number of halogens is 1. The number of pyridine rings is 1. The van der Waals surface area contributed by atoms with E-state index in [9.17, 15) is 19.2 Å². The topological polar surface area (TPSA) is 139 Å². The minimum absolute atomic E-state index is 0.178. The second kappa shape index (κ2) is 7.02. The predicted octanol–water partition coefficient (Wildman–Crippen LogP) is -0.523. The summed E-state index contributed by atoms with van der Waals surface area (Å²) in [6, 6.07) is 1.43. The van der Waals surface area contributed by atoms with Crippen molar-refractivity contribution in [3.8, 4) is 0 Å². The number of hydrogen-bond acceptors (Lipinski definition) is 7. The van der Waals surface area contributed by atoms with Crippen LogP contribution in [0.3, 0.4) is 0 Å². The molecule has 30 heavy (non-hydrogen) atoms. The number of rotatable bonds is 3. The number of nitrogens with zero attached hydrogens (tertiary/aromatic N) is 7. The molecule has 4 aromatic heterocycles. The zero-order valence-electron chi connectivity index (χ0n) is 16.1. The number of nitrogens with one attached hydrogen (secondary N) is 1. The molecule has 0 spiro atoms. The van der Waals surface area contributed by atoms with Crippen LogP contribution in [0.5, 0.6) is 0 Å². The van der Waals surface area contributed by atoms with Crippen LogP contribution in [0.1, 0.15) is 0 Å². The Balaban J connectivity index is 1.66. The van der Waals surface area contributed by atoms with Gasteiger partial charge in [0, 0.05) is 21.1 Å². The third kappa shape index (κ3) is 3.03. The molecule has 1 amide bonds. The van der Waals surface area contributed by atoms with Gasteiger partial charge in [0.1, 0.15) is 28.5 Å². The molecule has 0 saturated carbocycles. The highest BCUT2D eigenvalue weighted by Gasteiger charge is 2.16. The van der Waals surface area contributed by atoms with Crippen molar-refractivity contribution >= 4 is 49.6 Å². The van der Waals surface area contributed by atoms with Gasteiger partial charge in [-0.15, -0.1) is 0 Å². The molecular formula is C17H15BrN8O4. The standard InChI is InChI=1S/C17H15BrN8O4/c1-23-13-9(15(28)24(2)17(23)30)4-8(5-19-13)21-10(27)6-26-7-20-14-11(16(26)29)12(18)22-25(14)3/h4-5,7H,6H2,1-3H3,(H,21,27). The Morgan fingerprint density at radius 1 is 1.07 bits per heavy atom. The molecule has 0 radical (unpaired) electrons. The molecule has 0 aliphatic carbocycles. The van der Waals surface area contributed by atoms with Crippen molar-refractivity contribution in [3.05, 3.63) is 54.4 Å². The summed E-state index contributed by atoms with van der Waals surface area (Å²) in [4.78, 5) is 57.8. The van der Waals surface area contributed by atoms with Crippen molar-refractivity contribution in [2.24, 2.45) is 21.1 Å². The van der Waals surface area contributed by atoms with Gasteiger partial charge < -0.3 is 5.32 Å². The fourth-order valence-corrected chi connectivity index (χ4v) is 3.72. The van der Waals surface area contributed by atoms with Crippen molar-refractivity contribution in [3.63, 3.8) is 0 Å². The fourth-order valence-electron chi connectivity index (χ4n) is 3.14. The van der Waals surface area contributed by atoms with E-state index in [2.05, 4.69) is 36.3 Å². The van der Waals surface area contributed by atoms with E-state index in [1.807, 2.05) is 0 Å². The average molecular weight is 475 g/mol. The van der Waals surface area contributed by atoms with Crippen LogP contribution in [0.2, 0.25) is 0 Å². The van der Waals surface area contributed by atoms with Crippen molar-refractivity contribution in [1.82, 2.24) is 33.4 Å². The number of carbonyl (C=O) groups is 1. The van der Waals surface area contributed by atoms with Crippen molar-refractivity contribution in [2.45, 2.75) is 6.54 Å². The maximum atomic E-state index is 12.6. The summed E-state index contributed by atoms with van der Waals surface area (Å²) in [5.41, 5.74) is -0.592. The van der Waals surface area contributed by atoms with Crippen molar-refractivity contribution in [2.75, 3.05) is 5.32 Å². The van der Waals surface area contributed by atoms with Gasteiger partial charge >= 0.3 is 5.69 Å². The summed E-state index contributed by atoms with van der Waals surface area (Å²) in [5.74, 6) is -0.513. The lowest BCUT2D eigenvalue weighted by Gasteiger charge is -2.10. The molecule has 0 aromatic carbocycles. The summed E-state index contributed by atoms with van der Waals surface area (Å²) in [7, 11) is 4.52. The Hall–Kier alpha value is -3.61. The first-order valence-corrected chi connectivity index (χ1v) is 9.41.